The van der Waals surface area contributed by atoms with Crippen molar-refractivity contribution in [3.8, 4) is 0 Å². The van der Waals surface area contributed by atoms with Crippen LogP contribution in [0.4, 0.5) is 0 Å². The topological polar surface area (TPSA) is 79.7 Å². The van der Waals surface area contributed by atoms with Gasteiger partial charge < -0.3 is 14.7 Å². The van der Waals surface area contributed by atoms with Crippen molar-refractivity contribution >= 4 is 11.9 Å². The third-order valence-electron chi connectivity index (χ3n) is 2.51. The van der Waals surface area contributed by atoms with E-state index in [9.17, 15) is 14.7 Å². The molecule has 0 radical (unpaired) electrons. The average molecular weight is 266 g/mol. The molecule has 1 atom stereocenters. The van der Waals surface area contributed by atoms with E-state index in [2.05, 4.69) is 9.72 Å². The van der Waals surface area contributed by atoms with Crippen LogP contribution in [0.15, 0.2) is 24.5 Å². The molecule has 1 aromatic heterocycles. The molecule has 0 bridgehead atoms. The third-order valence-corrected chi connectivity index (χ3v) is 2.51. The minimum Gasteiger partial charge on any atom is -0.469 e. The van der Waals surface area contributed by atoms with Gasteiger partial charge in [-0.05, 0) is 19.1 Å². The lowest BCUT2D eigenvalue weighted by Crippen LogP contribution is -2.38. The maximum Gasteiger partial charge on any atom is 0.307 e. The standard InChI is InChI=1S/C13H18N2O4/c1-10(16)9-15(8-5-12(17)19-2)13(18)11-3-6-14-7-4-11/h3-4,6-7,10,16H,5,8-9H2,1-2H3. The van der Waals surface area contributed by atoms with E-state index in [-0.39, 0.29) is 25.4 Å². The Bertz CT molecular complexity index is 420. The molecule has 1 N–H and O–H groups in total. The summed E-state index contributed by atoms with van der Waals surface area (Å²) in [5.41, 5.74) is 0.473. The fourth-order valence-electron chi connectivity index (χ4n) is 1.60. The number of ether oxygens (including phenoxy) is 1. The van der Waals surface area contributed by atoms with E-state index in [0.717, 1.165) is 0 Å². The van der Waals surface area contributed by atoms with Crippen molar-refractivity contribution in [3.05, 3.63) is 30.1 Å². The van der Waals surface area contributed by atoms with Gasteiger partial charge in [-0.3, -0.25) is 14.6 Å². The highest BCUT2D eigenvalue weighted by Gasteiger charge is 2.18. The number of aromatic nitrogens is 1. The number of hydrogen-bond acceptors (Lipinski definition) is 5. The fraction of sp³-hybridized carbons (Fsp3) is 0.462. The molecule has 0 saturated carbocycles. The lowest BCUT2D eigenvalue weighted by Gasteiger charge is -2.23. The summed E-state index contributed by atoms with van der Waals surface area (Å²) >= 11 is 0. The summed E-state index contributed by atoms with van der Waals surface area (Å²) in [7, 11) is 1.30. The van der Waals surface area contributed by atoms with Gasteiger partial charge in [0.05, 0.1) is 19.6 Å². The second kappa shape index (κ2) is 7.48. The van der Waals surface area contributed by atoms with Crippen molar-refractivity contribution < 1.29 is 19.4 Å². The van der Waals surface area contributed by atoms with Crippen molar-refractivity contribution in [2.24, 2.45) is 0 Å². The van der Waals surface area contributed by atoms with Crippen LogP contribution in [0.1, 0.15) is 23.7 Å². The van der Waals surface area contributed by atoms with Gasteiger partial charge in [0.2, 0.25) is 0 Å². The van der Waals surface area contributed by atoms with E-state index in [1.54, 1.807) is 19.1 Å². The maximum atomic E-state index is 12.2. The van der Waals surface area contributed by atoms with Gasteiger partial charge in [0.15, 0.2) is 0 Å². The molecular weight excluding hydrogens is 248 g/mol. The Morgan fingerprint density at radius 1 is 1.42 bits per heavy atom. The summed E-state index contributed by atoms with van der Waals surface area (Å²) in [6.45, 7) is 1.96. The Hall–Kier alpha value is -1.95. The van der Waals surface area contributed by atoms with Crippen LogP contribution >= 0.6 is 0 Å². The van der Waals surface area contributed by atoms with Gasteiger partial charge in [0.1, 0.15) is 0 Å². The normalized spacial score (nSPS) is 11.7. The first kappa shape index (κ1) is 15.1. The minimum absolute atomic E-state index is 0.0973. The first-order chi connectivity index (χ1) is 9.04. The number of amides is 1. The van der Waals surface area contributed by atoms with Crippen molar-refractivity contribution in [1.29, 1.82) is 0 Å². The smallest absolute Gasteiger partial charge is 0.307 e. The van der Waals surface area contributed by atoms with Crippen molar-refractivity contribution in [2.45, 2.75) is 19.4 Å². The Kier molecular flexibility index (Phi) is 5.95. The Morgan fingerprint density at radius 3 is 2.58 bits per heavy atom. The first-order valence-corrected chi connectivity index (χ1v) is 5.98. The van der Waals surface area contributed by atoms with Crippen LogP contribution < -0.4 is 0 Å². The van der Waals surface area contributed by atoms with Crippen LogP contribution in [-0.4, -0.2) is 53.2 Å². The molecule has 19 heavy (non-hydrogen) atoms. The zero-order chi connectivity index (χ0) is 14.3. The number of methoxy groups -OCH3 is 1. The van der Waals surface area contributed by atoms with Gasteiger partial charge in [-0.1, -0.05) is 0 Å². The minimum atomic E-state index is -0.663. The number of hydrogen-bond donors (Lipinski definition) is 1. The van der Waals surface area contributed by atoms with Crippen LogP contribution in [0.2, 0.25) is 0 Å². The van der Waals surface area contributed by atoms with Crippen molar-refractivity contribution in [2.75, 3.05) is 20.2 Å². The van der Waals surface area contributed by atoms with E-state index in [4.69, 9.17) is 0 Å². The molecule has 1 amide bonds. The molecule has 1 aromatic rings. The number of rotatable bonds is 6. The monoisotopic (exact) mass is 266 g/mol. The number of nitrogens with zero attached hydrogens (tertiary/aromatic N) is 2. The van der Waals surface area contributed by atoms with Gasteiger partial charge >= 0.3 is 5.97 Å². The van der Waals surface area contributed by atoms with Crippen LogP contribution in [-0.2, 0) is 9.53 Å². The number of esters is 1. The number of carbonyl (C=O) groups is 2. The van der Waals surface area contributed by atoms with Gasteiger partial charge in [0.25, 0.3) is 5.91 Å². The number of aliphatic hydroxyl groups excluding tert-OH is 1. The second-order valence-corrected chi connectivity index (χ2v) is 4.16. The largest absolute Gasteiger partial charge is 0.469 e. The zero-order valence-electron chi connectivity index (χ0n) is 11.1. The summed E-state index contributed by atoms with van der Waals surface area (Å²) in [6, 6.07) is 3.19. The Balaban J connectivity index is 2.73. The van der Waals surface area contributed by atoms with Crippen LogP contribution in [0.3, 0.4) is 0 Å². The van der Waals surface area contributed by atoms with Crippen molar-refractivity contribution in [1.82, 2.24) is 9.88 Å². The van der Waals surface area contributed by atoms with Gasteiger partial charge in [-0.15, -0.1) is 0 Å². The number of carbonyl (C=O) groups excluding carboxylic acids is 2. The van der Waals surface area contributed by atoms with E-state index >= 15 is 0 Å². The second-order valence-electron chi connectivity index (χ2n) is 4.16. The number of pyridine rings is 1. The quantitative estimate of drug-likeness (QED) is 0.757. The Labute approximate surface area is 112 Å². The highest BCUT2D eigenvalue weighted by atomic mass is 16.5. The molecule has 6 nitrogen and oxygen atoms in total. The zero-order valence-corrected chi connectivity index (χ0v) is 11.1. The van der Waals surface area contributed by atoms with Crippen LogP contribution in [0, 0.1) is 0 Å². The predicted molar refractivity (Wildman–Crippen MR) is 68.5 cm³/mol. The van der Waals surface area contributed by atoms with E-state index in [1.165, 1.54) is 24.4 Å². The molecule has 6 heteroatoms. The first-order valence-electron chi connectivity index (χ1n) is 5.98. The lowest BCUT2D eigenvalue weighted by atomic mass is 10.2. The van der Waals surface area contributed by atoms with Gasteiger partial charge in [0, 0.05) is 31.0 Å². The molecule has 1 rings (SSSR count). The fourth-order valence-corrected chi connectivity index (χ4v) is 1.60. The highest BCUT2D eigenvalue weighted by molar-refractivity contribution is 5.94. The summed E-state index contributed by atoms with van der Waals surface area (Å²) in [5.74, 6) is -0.634. The molecule has 0 aliphatic carbocycles. The van der Waals surface area contributed by atoms with Crippen molar-refractivity contribution in [3.63, 3.8) is 0 Å². The predicted octanol–water partition coefficient (Wildman–Crippen LogP) is 0.468. The van der Waals surface area contributed by atoms with E-state index in [0.29, 0.717) is 5.56 Å². The molecular formula is C13H18N2O4. The number of aliphatic hydroxyl groups is 1. The molecule has 0 saturated heterocycles. The lowest BCUT2D eigenvalue weighted by molar-refractivity contribution is -0.140. The third kappa shape index (κ3) is 5.05. The summed E-state index contributed by atoms with van der Waals surface area (Å²) in [6.07, 6.45) is 2.48. The van der Waals surface area contributed by atoms with Crippen LogP contribution in [0.25, 0.3) is 0 Å². The summed E-state index contributed by atoms with van der Waals surface area (Å²) in [5, 5.41) is 9.42. The average Bonchev–Trinajstić information content (AvgIpc) is 2.42. The summed E-state index contributed by atoms with van der Waals surface area (Å²) in [4.78, 5) is 28.6. The van der Waals surface area contributed by atoms with Gasteiger partial charge in [-0.25, -0.2) is 0 Å². The SMILES string of the molecule is COC(=O)CCN(CC(C)O)C(=O)c1ccncc1. The van der Waals surface area contributed by atoms with Crippen LogP contribution in [0.5, 0.6) is 0 Å². The Morgan fingerprint density at radius 2 is 2.05 bits per heavy atom. The van der Waals surface area contributed by atoms with E-state index in [1.807, 2.05) is 0 Å². The highest BCUT2D eigenvalue weighted by Crippen LogP contribution is 2.06. The van der Waals surface area contributed by atoms with Gasteiger partial charge in [-0.2, -0.15) is 0 Å². The molecule has 0 aromatic carbocycles. The maximum absolute atomic E-state index is 12.2. The molecule has 0 fully saturated rings. The molecule has 1 heterocycles. The molecule has 0 spiro atoms. The summed E-state index contributed by atoms with van der Waals surface area (Å²) < 4.78 is 4.54. The van der Waals surface area contributed by atoms with E-state index < -0.39 is 12.1 Å². The molecule has 0 aliphatic rings. The molecule has 0 aliphatic heterocycles. The molecule has 1 unspecified atom stereocenters. The molecule has 104 valence electrons.